The van der Waals surface area contributed by atoms with Gasteiger partial charge in [-0.3, -0.25) is 9.78 Å². The molecule has 0 atom stereocenters. The van der Waals surface area contributed by atoms with Gasteiger partial charge in [-0.25, -0.2) is 0 Å². The van der Waals surface area contributed by atoms with Crippen LogP contribution in [0.15, 0.2) is 48.7 Å². The highest BCUT2D eigenvalue weighted by Gasteiger charge is 2.21. The van der Waals surface area contributed by atoms with Gasteiger partial charge in [0, 0.05) is 30.5 Å². The van der Waals surface area contributed by atoms with Crippen LogP contribution in [-0.2, 0) is 6.42 Å². The summed E-state index contributed by atoms with van der Waals surface area (Å²) in [6.45, 7) is 7.99. The maximum atomic E-state index is 12.4. The summed E-state index contributed by atoms with van der Waals surface area (Å²) in [5, 5.41) is 2.98. The van der Waals surface area contributed by atoms with Gasteiger partial charge >= 0.3 is 0 Å². The first kappa shape index (κ1) is 18.4. The predicted octanol–water partition coefficient (Wildman–Crippen LogP) is 4.07. The van der Waals surface area contributed by atoms with E-state index in [1.807, 2.05) is 32.9 Å². The van der Waals surface area contributed by atoms with Gasteiger partial charge in [0.15, 0.2) is 0 Å². The highest BCUT2D eigenvalue weighted by molar-refractivity contribution is 5.93. The molecule has 1 N–H and O–H groups in total. The Morgan fingerprint density at radius 2 is 1.85 bits per heavy atom. The summed E-state index contributed by atoms with van der Waals surface area (Å²) in [5.41, 5.74) is 2.75. The molecule has 26 heavy (non-hydrogen) atoms. The zero-order valence-electron chi connectivity index (χ0n) is 16.0. The normalized spacial score (nSPS) is 15.7. The van der Waals surface area contributed by atoms with Crippen molar-refractivity contribution >= 4 is 11.6 Å². The number of hydrogen-bond donors (Lipinski definition) is 1. The average molecular weight is 351 g/mol. The van der Waals surface area contributed by atoms with Crippen molar-refractivity contribution in [3.63, 3.8) is 0 Å². The van der Waals surface area contributed by atoms with Gasteiger partial charge in [-0.15, -0.1) is 0 Å². The number of pyridine rings is 1. The molecule has 1 fully saturated rings. The van der Waals surface area contributed by atoms with Crippen molar-refractivity contribution in [1.29, 1.82) is 0 Å². The van der Waals surface area contributed by atoms with Crippen molar-refractivity contribution in [3.8, 4) is 0 Å². The Labute approximate surface area is 156 Å². The van der Waals surface area contributed by atoms with Crippen LogP contribution in [0.3, 0.4) is 0 Å². The molecule has 2 aromatic rings. The zero-order valence-corrected chi connectivity index (χ0v) is 16.0. The molecule has 0 unspecified atom stereocenters. The van der Waals surface area contributed by atoms with Gasteiger partial charge in [-0.1, -0.05) is 30.3 Å². The molecule has 1 amide bonds. The molecule has 1 saturated heterocycles. The minimum Gasteiger partial charge on any atom is -0.371 e. The van der Waals surface area contributed by atoms with Gasteiger partial charge in [0.2, 0.25) is 0 Å². The Hall–Kier alpha value is -2.36. The molecule has 1 aliphatic heterocycles. The second-order valence-electron chi connectivity index (χ2n) is 8.22. The number of carbonyl (C=O) groups excluding carboxylic acids is 1. The highest BCUT2D eigenvalue weighted by atomic mass is 16.2. The van der Waals surface area contributed by atoms with E-state index in [4.69, 9.17) is 0 Å². The molecule has 138 valence electrons. The first-order chi connectivity index (χ1) is 12.4. The first-order valence-electron chi connectivity index (χ1n) is 9.48. The number of amides is 1. The molecule has 0 bridgehead atoms. The maximum absolute atomic E-state index is 12.4. The molecular weight excluding hydrogens is 322 g/mol. The lowest BCUT2D eigenvalue weighted by Gasteiger charge is -2.34. The first-order valence-corrected chi connectivity index (χ1v) is 9.48. The fourth-order valence-corrected chi connectivity index (χ4v) is 3.49. The SMILES string of the molecule is CC(C)(C)NC(=O)c1cc(N2CCC(Cc3ccccc3)CC2)ccn1. The number of benzene rings is 1. The molecule has 1 aliphatic rings. The standard InChI is InChI=1S/C22H29N3O/c1-22(2,3)24-21(26)20-16-19(9-12-23-20)25-13-10-18(11-14-25)15-17-7-5-4-6-8-17/h4-9,12,16,18H,10-11,13-15H2,1-3H3,(H,24,26). The quantitative estimate of drug-likeness (QED) is 0.903. The number of carbonyl (C=O) groups is 1. The molecule has 1 aromatic carbocycles. The molecule has 0 saturated carbocycles. The van der Waals surface area contributed by atoms with E-state index in [-0.39, 0.29) is 11.4 Å². The van der Waals surface area contributed by atoms with Gasteiger partial charge in [0.1, 0.15) is 5.69 Å². The molecule has 0 aliphatic carbocycles. The number of rotatable bonds is 4. The maximum Gasteiger partial charge on any atom is 0.270 e. The second-order valence-corrected chi connectivity index (χ2v) is 8.22. The van der Waals surface area contributed by atoms with Crippen LogP contribution in [0.5, 0.6) is 0 Å². The Balaban J connectivity index is 1.59. The lowest BCUT2D eigenvalue weighted by Crippen LogP contribution is -2.41. The van der Waals surface area contributed by atoms with E-state index in [2.05, 4.69) is 45.5 Å². The largest absolute Gasteiger partial charge is 0.371 e. The smallest absolute Gasteiger partial charge is 0.270 e. The summed E-state index contributed by atoms with van der Waals surface area (Å²) >= 11 is 0. The average Bonchev–Trinajstić information content (AvgIpc) is 2.62. The molecule has 0 radical (unpaired) electrons. The van der Waals surface area contributed by atoms with Crippen LogP contribution in [0.25, 0.3) is 0 Å². The van der Waals surface area contributed by atoms with Crippen LogP contribution in [-0.4, -0.2) is 29.5 Å². The van der Waals surface area contributed by atoms with Crippen molar-refractivity contribution in [2.24, 2.45) is 5.92 Å². The summed E-state index contributed by atoms with van der Waals surface area (Å²) in [6, 6.07) is 14.7. The highest BCUT2D eigenvalue weighted by Crippen LogP contribution is 2.26. The molecule has 0 spiro atoms. The molecular formula is C22H29N3O. The van der Waals surface area contributed by atoms with E-state index in [1.165, 1.54) is 18.4 Å². The molecule has 3 rings (SSSR count). The summed E-state index contributed by atoms with van der Waals surface area (Å²) in [4.78, 5) is 19.0. The van der Waals surface area contributed by atoms with E-state index in [9.17, 15) is 4.79 Å². The Morgan fingerprint density at radius 1 is 1.15 bits per heavy atom. The van der Waals surface area contributed by atoms with Crippen molar-refractivity contribution in [2.75, 3.05) is 18.0 Å². The predicted molar refractivity (Wildman–Crippen MR) is 107 cm³/mol. The zero-order chi connectivity index (χ0) is 18.6. The monoisotopic (exact) mass is 351 g/mol. The second kappa shape index (κ2) is 7.90. The van der Waals surface area contributed by atoms with E-state index in [1.54, 1.807) is 6.20 Å². The van der Waals surface area contributed by atoms with Crippen LogP contribution in [0.2, 0.25) is 0 Å². The van der Waals surface area contributed by atoms with E-state index < -0.39 is 0 Å². The fourth-order valence-electron chi connectivity index (χ4n) is 3.49. The Kier molecular flexibility index (Phi) is 5.60. The summed E-state index contributed by atoms with van der Waals surface area (Å²) < 4.78 is 0. The van der Waals surface area contributed by atoms with Crippen molar-refractivity contribution < 1.29 is 4.79 Å². The molecule has 1 aromatic heterocycles. The van der Waals surface area contributed by atoms with Crippen LogP contribution >= 0.6 is 0 Å². The lowest BCUT2D eigenvalue weighted by atomic mass is 9.90. The van der Waals surface area contributed by atoms with Crippen LogP contribution < -0.4 is 10.2 Å². The van der Waals surface area contributed by atoms with Crippen LogP contribution in [0.1, 0.15) is 49.7 Å². The number of aromatic nitrogens is 1. The lowest BCUT2D eigenvalue weighted by molar-refractivity contribution is 0.0914. The topological polar surface area (TPSA) is 45.2 Å². The Morgan fingerprint density at radius 3 is 2.50 bits per heavy atom. The van der Waals surface area contributed by atoms with Crippen LogP contribution in [0.4, 0.5) is 5.69 Å². The third-order valence-electron chi connectivity index (χ3n) is 4.81. The van der Waals surface area contributed by atoms with Gasteiger partial charge in [-0.2, -0.15) is 0 Å². The van der Waals surface area contributed by atoms with E-state index in [0.717, 1.165) is 31.1 Å². The van der Waals surface area contributed by atoms with E-state index in [0.29, 0.717) is 5.69 Å². The number of nitrogens with one attached hydrogen (secondary N) is 1. The number of hydrogen-bond acceptors (Lipinski definition) is 3. The summed E-state index contributed by atoms with van der Waals surface area (Å²) in [5.74, 6) is 0.623. The molecule has 4 heteroatoms. The number of nitrogens with zero attached hydrogens (tertiary/aromatic N) is 2. The minimum atomic E-state index is -0.259. The number of anilines is 1. The summed E-state index contributed by atoms with van der Waals surface area (Å²) in [7, 11) is 0. The summed E-state index contributed by atoms with van der Waals surface area (Å²) in [6.07, 6.45) is 5.26. The van der Waals surface area contributed by atoms with Crippen LogP contribution in [0, 0.1) is 5.92 Å². The third-order valence-corrected chi connectivity index (χ3v) is 4.81. The van der Waals surface area contributed by atoms with Crippen molar-refractivity contribution in [3.05, 3.63) is 59.9 Å². The van der Waals surface area contributed by atoms with Crippen molar-refractivity contribution in [1.82, 2.24) is 10.3 Å². The van der Waals surface area contributed by atoms with E-state index >= 15 is 0 Å². The fraction of sp³-hybridized carbons (Fsp3) is 0.455. The minimum absolute atomic E-state index is 0.113. The van der Waals surface area contributed by atoms with Gasteiger partial charge in [0.05, 0.1) is 0 Å². The number of piperidine rings is 1. The molecule has 2 heterocycles. The Bertz CT molecular complexity index is 729. The molecule has 4 nitrogen and oxygen atoms in total. The van der Waals surface area contributed by atoms with Gasteiger partial charge in [-0.05, 0) is 63.6 Å². The van der Waals surface area contributed by atoms with Gasteiger partial charge < -0.3 is 10.2 Å². The third kappa shape index (κ3) is 5.07. The van der Waals surface area contributed by atoms with Crippen molar-refractivity contribution in [2.45, 2.75) is 45.6 Å². The van der Waals surface area contributed by atoms with Gasteiger partial charge in [0.25, 0.3) is 5.91 Å².